The number of rotatable bonds is 2. The van der Waals surface area contributed by atoms with Crippen molar-refractivity contribution < 1.29 is 4.57 Å². The normalized spacial score (nSPS) is 15.2. The molecule has 0 saturated carbocycles. The Morgan fingerprint density at radius 3 is 2.42 bits per heavy atom. The fourth-order valence-corrected chi connectivity index (χ4v) is 4.41. The molecule has 2 aromatic carbocycles. The number of fused-ring (bicyclic) bond motifs is 5. The number of pyridine rings is 1. The standard InChI is InChI=1S/C23H26N/c1-5-23(6-2)15-19-13-16(3)17(4)14-21(19)22-20-10-8-7-9-18(20)11-12-24(22)23/h7-14H,5-6,15H2,1-4H3/q+1. The fraction of sp³-hybridized carbons (Fsp3) is 0.348. The van der Waals surface area contributed by atoms with Crippen LogP contribution in [0.2, 0.25) is 0 Å². The molecule has 0 bridgehead atoms. The Morgan fingerprint density at radius 1 is 0.958 bits per heavy atom. The van der Waals surface area contributed by atoms with Crippen LogP contribution < -0.4 is 4.57 Å². The van der Waals surface area contributed by atoms with E-state index < -0.39 is 0 Å². The summed E-state index contributed by atoms with van der Waals surface area (Å²) in [4.78, 5) is 0. The largest absolute Gasteiger partial charge is 0.221 e. The highest BCUT2D eigenvalue weighted by Crippen LogP contribution is 2.40. The zero-order valence-electron chi connectivity index (χ0n) is 15.2. The Morgan fingerprint density at radius 2 is 1.67 bits per heavy atom. The molecule has 4 rings (SSSR count). The van der Waals surface area contributed by atoms with E-state index in [0.717, 1.165) is 19.3 Å². The molecule has 24 heavy (non-hydrogen) atoms. The number of aromatic nitrogens is 1. The Balaban J connectivity index is 2.16. The van der Waals surface area contributed by atoms with Crippen LogP contribution in [0.15, 0.2) is 48.7 Å². The van der Waals surface area contributed by atoms with Crippen LogP contribution in [0.5, 0.6) is 0 Å². The quantitative estimate of drug-likeness (QED) is 0.551. The zero-order chi connectivity index (χ0) is 16.9. The van der Waals surface area contributed by atoms with Crippen LogP contribution in [0.4, 0.5) is 0 Å². The predicted octanol–water partition coefficient (Wildman–Crippen LogP) is 5.48. The highest BCUT2D eigenvalue weighted by atomic mass is 15.1. The highest BCUT2D eigenvalue weighted by Gasteiger charge is 2.44. The van der Waals surface area contributed by atoms with Crippen molar-refractivity contribution in [2.75, 3.05) is 0 Å². The molecule has 0 amide bonds. The third-order valence-corrected chi connectivity index (χ3v) is 6.18. The SMILES string of the molecule is CCC1(CC)Cc2cc(C)c(C)cc2-c2c3ccccc3cc[n+]21. The van der Waals surface area contributed by atoms with Gasteiger partial charge in [0.2, 0.25) is 5.69 Å². The monoisotopic (exact) mass is 316 g/mol. The van der Waals surface area contributed by atoms with Gasteiger partial charge in [0.15, 0.2) is 11.7 Å². The van der Waals surface area contributed by atoms with Gasteiger partial charge in [-0.05, 0) is 48.1 Å². The van der Waals surface area contributed by atoms with E-state index >= 15 is 0 Å². The lowest BCUT2D eigenvalue weighted by atomic mass is 9.77. The molecule has 1 aromatic heterocycles. The molecule has 1 aliphatic heterocycles. The van der Waals surface area contributed by atoms with Gasteiger partial charge in [-0.25, -0.2) is 0 Å². The van der Waals surface area contributed by atoms with Crippen molar-refractivity contribution in [3.8, 4) is 11.3 Å². The first-order valence-corrected chi connectivity index (χ1v) is 9.14. The summed E-state index contributed by atoms with van der Waals surface area (Å²) in [6, 6.07) is 15.9. The van der Waals surface area contributed by atoms with Gasteiger partial charge < -0.3 is 0 Å². The van der Waals surface area contributed by atoms with E-state index in [1.54, 1.807) is 0 Å². The minimum atomic E-state index is 0.189. The minimum absolute atomic E-state index is 0.189. The van der Waals surface area contributed by atoms with Crippen LogP contribution in [0, 0.1) is 13.8 Å². The van der Waals surface area contributed by atoms with E-state index in [1.165, 1.54) is 38.7 Å². The van der Waals surface area contributed by atoms with E-state index in [9.17, 15) is 0 Å². The van der Waals surface area contributed by atoms with Gasteiger partial charge in [-0.15, -0.1) is 0 Å². The van der Waals surface area contributed by atoms with E-state index in [4.69, 9.17) is 0 Å². The van der Waals surface area contributed by atoms with Crippen LogP contribution >= 0.6 is 0 Å². The molecule has 3 aromatic rings. The van der Waals surface area contributed by atoms with Gasteiger partial charge >= 0.3 is 0 Å². The van der Waals surface area contributed by atoms with Crippen molar-refractivity contribution in [2.45, 2.75) is 52.5 Å². The first-order chi connectivity index (χ1) is 11.6. The second-order valence-corrected chi connectivity index (χ2v) is 7.32. The summed E-state index contributed by atoms with van der Waals surface area (Å²) in [6.07, 6.45) is 5.77. The van der Waals surface area contributed by atoms with Crippen molar-refractivity contribution in [3.63, 3.8) is 0 Å². The highest BCUT2D eigenvalue weighted by molar-refractivity contribution is 5.94. The van der Waals surface area contributed by atoms with Crippen molar-refractivity contribution in [1.82, 2.24) is 0 Å². The third-order valence-electron chi connectivity index (χ3n) is 6.18. The second-order valence-electron chi connectivity index (χ2n) is 7.32. The molecule has 0 spiro atoms. The lowest BCUT2D eigenvalue weighted by Crippen LogP contribution is -2.60. The van der Waals surface area contributed by atoms with Crippen molar-refractivity contribution >= 4 is 10.8 Å². The van der Waals surface area contributed by atoms with Gasteiger partial charge in [0.1, 0.15) is 0 Å². The van der Waals surface area contributed by atoms with E-state index in [-0.39, 0.29) is 5.54 Å². The van der Waals surface area contributed by atoms with Crippen molar-refractivity contribution in [1.29, 1.82) is 0 Å². The Hall–Kier alpha value is -2.15. The molecular formula is C23H26N+. The van der Waals surface area contributed by atoms with Gasteiger partial charge in [-0.1, -0.05) is 38.1 Å². The zero-order valence-corrected chi connectivity index (χ0v) is 15.2. The Labute approximate surface area is 145 Å². The molecule has 0 aliphatic carbocycles. The maximum atomic E-state index is 2.58. The molecule has 1 nitrogen and oxygen atoms in total. The Kier molecular flexibility index (Phi) is 3.49. The first-order valence-electron chi connectivity index (χ1n) is 9.14. The van der Waals surface area contributed by atoms with Crippen LogP contribution in [-0.4, -0.2) is 0 Å². The van der Waals surface area contributed by atoms with E-state index in [0.29, 0.717) is 0 Å². The van der Waals surface area contributed by atoms with Crippen LogP contribution in [0.3, 0.4) is 0 Å². The van der Waals surface area contributed by atoms with Crippen molar-refractivity contribution in [3.05, 3.63) is 65.4 Å². The maximum Gasteiger partial charge on any atom is 0.221 e. The van der Waals surface area contributed by atoms with Gasteiger partial charge in [-0.3, -0.25) is 0 Å². The summed E-state index contributed by atoms with van der Waals surface area (Å²) in [5.74, 6) is 0. The van der Waals surface area contributed by atoms with Gasteiger partial charge in [0.25, 0.3) is 0 Å². The summed E-state index contributed by atoms with van der Waals surface area (Å²) in [5, 5.41) is 2.70. The molecule has 0 unspecified atom stereocenters. The molecule has 1 heteroatoms. The third kappa shape index (κ3) is 2.04. The smallest absolute Gasteiger partial charge is 0.192 e. The summed E-state index contributed by atoms with van der Waals surface area (Å²) in [5.41, 5.74) is 7.32. The summed E-state index contributed by atoms with van der Waals surface area (Å²) in [7, 11) is 0. The van der Waals surface area contributed by atoms with Crippen molar-refractivity contribution in [2.24, 2.45) is 0 Å². The van der Waals surface area contributed by atoms with Gasteiger partial charge in [0, 0.05) is 25.3 Å². The second kappa shape index (κ2) is 5.44. The van der Waals surface area contributed by atoms with E-state index in [1.807, 2.05) is 0 Å². The molecule has 2 heterocycles. The first kappa shape index (κ1) is 15.4. The minimum Gasteiger partial charge on any atom is -0.192 e. The average molecular weight is 316 g/mol. The lowest BCUT2D eigenvalue weighted by molar-refractivity contribution is -0.757. The predicted molar refractivity (Wildman–Crippen MR) is 101 cm³/mol. The molecule has 0 fully saturated rings. The summed E-state index contributed by atoms with van der Waals surface area (Å²) >= 11 is 0. The average Bonchev–Trinajstić information content (AvgIpc) is 2.62. The molecule has 0 N–H and O–H groups in total. The van der Waals surface area contributed by atoms with Crippen LogP contribution in [0.1, 0.15) is 43.4 Å². The topological polar surface area (TPSA) is 3.88 Å². The molecule has 0 radical (unpaired) electrons. The number of nitrogens with zero attached hydrogens (tertiary/aromatic N) is 1. The maximum absolute atomic E-state index is 2.58. The molecule has 1 aliphatic rings. The number of benzene rings is 2. The molecular weight excluding hydrogens is 290 g/mol. The fourth-order valence-electron chi connectivity index (χ4n) is 4.41. The summed E-state index contributed by atoms with van der Waals surface area (Å²) in [6.45, 7) is 9.14. The molecule has 0 atom stereocenters. The number of hydrogen-bond donors (Lipinski definition) is 0. The molecule has 0 saturated heterocycles. The van der Waals surface area contributed by atoms with Crippen LogP contribution in [0.25, 0.3) is 22.0 Å². The number of hydrogen-bond acceptors (Lipinski definition) is 0. The van der Waals surface area contributed by atoms with Gasteiger partial charge in [0.05, 0.1) is 10.9 Å². The van der Waals surface area contributed by atoms with E-state index in [2.05, 4.69) is 80.9 Å². The van der Waals surface area contributed by atoms with Gasteiger partial charge in [-0.2, -0.15) is 4.57 Å². The molecule has 122 valence electrons. The lowest BCUT2D eigenvalue weighted by Gasteiger charge is -2.33. The van der Waals surface area contributed by atoms with Crippen LogP contribution in [-0.2, 0) is 12.0 Å². The Bertz CT molecular complexity index is 932. The number of aryl methyl sites for hydroxylation is 2. The summed E-state index contributed by atoms with van der Waals surface area (Å²) < 4.78 is 2.58.